The number of benzene rings is 1. The second-order valence-electron chi connectivity index (χ2n) is 6.86. The van der Waals surface area contributed by atoms with Gasteiger partial charge in [0.1, 0.15) is 11.8 Å². The Kier molecular flexibility index (Phi) is 5.36. The van der Waals surface area contributed by atoms with E-state index in [1.54, 1.807) is 13.3 Å². The van der Waals surface area contributed by atoms with Gasteiger partial charge in [-0.05, 0) is 37.8 Å². The standard InChI is InChI=1S/C20H22N4O4/c1-26-19-11-21-12-20(23-19)27-14-8-6-13(7-9-14)22-18(25)10-16-15-4-2-3-5-17(15)28-24-16/h2-5,11-14H,6-10H2,1H3,(H,22,25). The summed E-state index contributed by atoms with van der Waals surface area (Å²) in [6.45, 7) is 0. The number of ether oxygens (including phenoxy) is 2. The molecule has 0 atom stereocenters. The second-order valence-corrected chi connectivity index (χ2v) is 6.86. The highest BCUT2D eigenvalue weighted by atomic mass is 16.5. The van der Waals surface area contributed by atoms with Crippen LogP contribution in [0, 0.1) is 0 Å². The minimum absolute atomic E-state index is 0.0397. The molecule has 2 aromatic heterocycles. The van der Waals surface area contributed by atoms with Gasteiger partial charge in [-0.1, -0.05) is 17.3 Å². The van der Waals surface area contributed by atoms with E-state index >= 15 is 0 Å². The molecular weight excluding hydrogens is 360 g/mol. The average molecular weight is 382 g/mol. The Bertz CT molecular complexity index is 950. The number of carbonyl (C=O) groups excluding carboxylic acids is 1. The zero-order chi connectivity index (χ0) is 19.3. The van der Waals surface area contributed by atoms with Gasteiger partial charge in [-0.25, -0.2) is 0 Å². The molecule has 3 aromatic rings. The largest absolute Gasteiger partial charge is 0.480 e. The lowest BCUT2D eigenvalue weighted by molar-refractivity contribution is -0.121. The van der Waals surface area contributed by atoms with Gasteiger partial charge in [0.2, 0.25) is 17.7 Å². The molecule has 8 nitrogen and oxygen atoms in total. The summed E-state index contributed by atoms with van der Waals surface area (Å²) in [5.74, 6) is 0.852. The number of methoxy groups -OCH3 is 1. The first kappa shape index (κ1) is 18.2. The normalized spacial score (nSPS) is 19.3. The predicted molar refractivity (Wildman–Crippen MR) is 101 cm³/mol. The Labute approximate surface area is 162 Å². The summed E-state index contributed by atoms with van der Waals surface area (Å²) < 4.78 is 16.2. The number of rotatable bonds is 6. The van der Waals surface area contributed by atoms with Crippen LogP contribution in [0.2, 0.25) is 0 Å². The van der Waals surface area contributed by atoms with E-state index in [-0.39, 0.29) is 24.5 Å². The van der Waals surface area contributed by atoms with E-state index in [1.807, 2.05) is 24.3 Å². The number of fused-ring (bicyclic) bond motifs is 1. The molecule has 4 rings (SSSR count). The number of hydrogen-bond acceptors (Lipinski definition) is 7. The highest BCUT2D eigenvalue weighted by Crippen LogP contribution is 2.24. The Morgan fingerprint density at radius 2 is 1.96 bits per heavy atom. The molecule has 8 heteroatoms. The van der Waals surface area contributed by atoms with Crippen LogP contribution in [0.1, 0.15) is 31.4 Å². The molecule has 0 aliphatic heterocycles. The fraction of sp³-hybridized carbons (Fsp3) is 0.400. The number of nitrogens with one attached hydrogen (secondary N) is 1. The maximum absolute atomic E-state index is 12.4. The monoisotopic (exact) mass is 382 g/mol. The van der Waals surface area contributed by atoms with Gasteiger partial charge in [0.25, 0.3) is 0 Å². The van der Waals surface area contributed by atoms with Crippen LogP contribution in [-0.4, -0.2) is 40.3 Å². The second kappa shape index (κ2) is 8.24. The number of carbonyl (C=O) groups is 1. The molecule has 1 aliphatic rings. The Morgan fingerprint density at radius 3 is 2.79 bits per heavy atom. The van der Waals surface area contributed by atoms with Gasteiger partial charge in [-0.2, -0.15) is 4.98 Å². The molecule has 146 valence electrons. The van der Waals surface area contributed by atoms with Gasteiger partial charge in [-0.15, -0.1) is 0 Å². The maximum Gasteiger partial charge on any atom is 0.235 e. The molecule has 0 saturated heterocycles. The van der Waals surface area contributed by atoms with Crippen LogP contribution in [0.3, 0.4) is 0 Å². The fourth-order valence-corrected chi connectivity index (χ4v) is 3.48. The smallest absolute Gasteiger partial charge is 0.235 e. The van der Waals surface area contributed by atoms with Crippen molar-refractivity contribution in [1.82, 2.24) is 20.4 Å². The van der Waals surface area contributed by atoms with Gasteiger partial charge in [0, 0.05) is 11.4 Å². The molecule has 1 fully saturated rings. The van der Waals surface area contributed by atoms with E-state index in [9.17, 15) is 4.79 Å². The predicted octanol–water partition coefficient (Wildman–Crippen LogP) is 2.68. The lowest BCUT2D eigenvalue weighted by atomic mass is 9.93. The zero-order valence-corrected chi connectivity index (χ0v) is 15.6. The lowest BCUT2D eigenvalue weighted by Crippen LogP contribution is -2.40. The molecule has 0 unspecified atom stereocenters. The highest BCUT2D eigenvalue weighted by molar-refractivity contribution is 5.86. The van der Waals surface area contributed by atoms with Crippen molar-refractivity contribution < 1.29 is 18.8 Å². The Hall–Kier alpha value is -3.16. The Morgan fingerprint density at radius 1 is 1.18 bits per heavy atom. The summed E-state index contributed by atoms with van der Waals surface area (Å²) in [7, 11) is 1.55. The van der Waals surface area contributed by atoms with E-state index in [2.05, 4.69) is 20.4 Å². The van der Waals surface area contributed by atoms with Gasteiger partial charge < -0.3 is 19.3 Å². The van der Waals surface area contributed by atoms with Crippen molar-refractivity contribution in [2.24, 2.45) is 0 Å². The molecule has 0 radical (unpaired) electrons. The van der Waals surface area contributed by atoms with Gasteiger partial charge in [0.15, 0.2) is 5.58 Å². The summed E-state index contributed by atoms with van der Waals surface area (Å²) in [6, 6.07) is 7.70. The lowest BCUT2D eigenvalue weighted by Gasteiger charge is -2.29. The van der Waals surface area contributed by atoms with Crippen molar-refractivity contribution in [3.8, 4) is 11.8 Å². The van der Waals surface area contributed by atoms with Crippen molar-refractivity contribution in [1.29, 1.82) is 0 Å². The molecule has 1 saturated carbocycles. The number of amides is 1. The van der Waals surface area contributed by atoms with Crippen molar-refractivity contribution in [2.75, 3.05) is 7.11 Å². The molecule has 1 aromatic carbocycles. The summed E-state index contributed by atoms with van der Waals surface area (Å²) in [4.78, 5) is 20.7. The zero-order valence-electron chi connectivity index (χ0n) is 15.6. The third-order valence-corrected chi connectivity index (χ3v) is 4.91. The summed E-state index contributed by atoms with van der Waals surface area (Å²) in [5.41, 5.74) is 1.37. The van der Waals surface area contributed by atoms with Gasteiger partial charge in [-0.3, -0.25) is 9.78 Å². The average Bonchev–Trinajstić information content (AvgIpc) is 3.12. The van der Waals surface area contributed by atoms with Crippen LogP contribution in [0.25, 0.3) is 11.0 Å². The summed E-state index contributed by atoms with van der Waals surface area (Å²) in [5, 5.41) is 8.01. The van der Waals surface area contributed by atoms with Crippen LogP contribution in [-0.2, 0) is 11.2 Å². The fourth-order valence-electron chi connectivity index (χ4n) is 3.48. The summed E-state index contributed by atoms with van der Waals surface area (Å²) >= 11 is 0. The van der Waals surface area contributed by atoms with Crippen LogP contribution in [0.4, 0.5) is 0 Å². The third-order valence-electron chi connectivity index (χ3n) is 4.91. The molecule has 0 spiro atoms. The molecule has 1 amide bonds. The Balaban J connectivity index is 1.26. The van der Waals surface area contributed by atoms with Crippen molar-refractivity contribution in [3.05, 3.63) is 42.4 Å². The number of aromatic nitrogens is 3. The first-order valence-corrected chi connectivity index (χ1v) is 9.36. The van der Waals surface area contributed by atoms with Crippen LogP contribution in [0.5, 0.6) is 11.8 Å². The van der Waals surface area contributed by atoms with E-state index < -0.39 is 0 Å². The third kappa shape index (κ3) is 4.21. The van der Waals surface area contributed by atoms with E-state index in [0.717, 1.165) is 31.1 Å². The SMILES string of the molecule is COc1cncc(OC2CCC(NC(=O)Cc3noc4ccccc34)CC2)n1. The van der Waals surface area contributed by atoms with Crippen molar-refractivity contribution in [2.45, 2.75) is 44.2 Å². The van der Waals surface area contributed by atoms with Gasteiger partial charge in [0.05, 0.1) is 25.9 Å². The minimum atomic E-state index is -0.0397. The maximum atomic E-state index is 12.4. The van der Waals surface area contributed by atoms with E-state index in [0.29, 0.717) is 23.0 Å². The highest BCUT2D eigenvalue weighted by Gasteiger charge is 2.24. The van der Waals surface area contributed by atoms with Crippen LogP contribution in [0.15, 0.2) is 41.2 Å². The van der Waals surface area contributed by atoms with Crippen LogP contribution >= 0.6 is 0 Å². The van der Waals surface area contributed by atoms with Crippen molar-refractivity contribution >= 4 is 16.9 Å². The molecule has 1 N–H and O–H groups in total. The quantitative estimate of drug-likeness (QED) is 0.700. The molecule has 0 bridgehead atoms. The molecule has 1 aliphatic carbocycles. The van der Waals surface area contributed by atoms with E-state index in [1.165, 1.54) is 6.20 Å². The molecule has 28 heavy (non-hydrogen) atoms. The van der Waals surface area contributed by atoms with E-state index in [4.69, 9.17) is 14.0 Å². The summed E-state index contributed by atoms with van der Waals surface area (Å²) in [6.07, 6.45) is 6.80. The van der Waals surface area contributed by atoms with Crippen LogP contribution < -0.4 is 14.8 Å². The molecular formula is C20H22N4O4. The first-order chi connectivity index (χ1) is 13.7. The number of para-hydroxylation sites is 1. The molecule has 2 heterocycles. The number of nitrogens with zero attached hydrogens (tertiary/aromatic N) is 3. The first-order valence-electron chi connectivity index (χ1n) is 9.36. The topological polar surface area (TPSA) is 99.4 Å². The van der Waals surface area contributed by atoms with Gasteiger partial charge >= 0.3 is 0 Å². The van der Waals surface area contributed by atoms with Crippen molar-refractivity contribution in [3.63, 3.8) is 0 Å². The number of hydrogen-bond donors (Lipinski definition) is 1. The minimum Gasteiger partial charge on any atom is -0.480 e.